The van der Waals surface area contributed by atoms with Crippen molar-refractivity contribution in [2.75, 3.05) is 6.67 Å². The van der Waals surface area contributed by atoms with Gasteiger partial charge in [0.25, 0.3) is 5.92 Å². The Balaban J connectivity index is 3.63. The molecule has 0 radical (unpaired) electrons. The standard InChI is InChI=1S/C6H9F3O2/c7-4-3-6(8,9)2-1-5(10)11/h1-4H2,(H,10,11). The zero-order chi connectivity index (χ0) is 8.91. The van der Waals surface area contributed by atoms with Gasteiger partial charge in [-0.25, -0.2) is 8.78 Å². The highest BCUT2D eigenvalue weighted by molar-refractivity contribution is 5.66. The third kappa shape index (κ3) is 5.69. The normalized spacial score (nSPS) is 11.5. The average Bonchev–Trinajstić information content (AvgIpc) is 1.84. The van der Waals surface area contributed by atoms with Gasteiger partial charge in [0.1, 0.15) is 0 Å². The van der Waals surface area contributed by atoms with Crippen LogP contribution in [0.5, 0.6) is 0 Å². The fourth-order valence-electron chi connectivity index (χ4n) is 0.553. The Morgan fingerprint density at radius 3 is 2.27 bits per heavy atom. The van der Waals surface area contributed by atoms with E-state index in [-0.39, 0.29) is 0 Å². The van der Waals surface area contributed by atoms with Gasteiger partial charge in [-0.05, 0) is 0 Å². The fraction of sp³-hybridized carbons (Fsp3) is 0.833. The van der Waals surface area contributed by atoms with Crippen molar-refractivity contribution in [3.8, 4) is 0 Å². The van der Waals surface area contributed by atoms with Gasteiger partial charge in [0.05, 0.1) is 13.1 Å². The van der Waals surface area contributed by atoms with Crippen LogP contribution in [0.25, 0.3) is 0 Å². The molecule has 0 aliphatic heterocycles. The summed E-state index contributed by atoms with van der Waals surface area (Å²) in [7, 11) is 0. The molecule has 0 fully saturated rings. The van der Waals surface area contributed by atoms with Gasteiger partial charge in [0.15, 0.2) is 0 Å². The lowest BCUT2D eigenvalue weighted by molar-refractivity contribution is -0.139. The highest BCUT2D eigenvalue weighted by Crippen LogP contribution is 2.24. The number of halogens is 3. The molecule has 0 rings (SSSR count). The zero-order valence-corrected chi connectivity index (χ0v) is 5.82. The van der Waals surface area contributed by atoms with Crippen LogP contribution in [0.1, 0.15) is 19.3 Å². The summed E-state index contributed by atoms with van der Waals surface area (Å²) in [5.41, 5.74) is 0. The number of carboxylic acids is 1. The lowest BCUT2D eigenvalue weighted by Crippen LogP contribution is -2.18. The molecular weight excluding hydrogens is 161 g/mol. The maximum absolute atomic E-state index is 12.3. The molecule has 0 saturated carbocycles. The number of rotatable bonds is 5. The highest BCUT2D eigenvalue weighted by atomic mass is 19.3. The number of aliphatic carboxylic acids is 1. The minimum Gasteiger partial charge on any atom is -0.481 e. The van der Waals surface area contributed by atoms with Crippen LogP contribution in [0.4, 0.5) is 13.2 Å². The molecule has 0 aromatic heterocycles. The van der Waals surface area contributed by atoms with Crippen molar-refractivity contribution in [3.05, 3.63) is 0 Å². The Morgan fingerprint density at radius 1 is 1.36 bits per heavy atom. The second-order valence-electron chi connectivity index (χ2n) is 2.19. The summed E-state index contributed by atoms with van der Waals surface area (Å²) in [6, 6.07) is 0. The van der Waals surface area contributed by atoms with Gasteiger partial charge in [-0.3, -0.25) is 9.18 Å². The second kappa shape index (κ2) is 4.20. The minimum atomic E-state index is -3.17. The maximum atomic E-state index is 12.3. The lowest BCUT2D eigenvalue weighted by Gasteiger charge is -2.11. The molecule has 5 heteroatoms. The van der Waals surface area contributed by atoms with E-state index in [1.165, 1.54) is 0 Å². The Bertz CT molecular complexity index is 136. The van der Waals surface area contributed by atoms with Gasteiger partial charge < -0.3 is 5.11 Å². The van der Waals surface area contributed by atoms with Gasteiger partial charge in [0.2, 0.25) is 0 Å². The van der Waals surface area contributed by atoms with E-state index in [0.717, 1.165) is 0 Å². The molecule has 0 aromatic carbocycles. The predicted octanol–water partition coefficient (Wildman–Crippen LogP) is 1.85. The summed E-state index contributed by atoms with van der Waals surface area (Å²) in [4.78, 5) is 9.82. The van der Waals surface area contributed by atoms with E-state index >= 15 is 0 Å². The summed E-state index contributed by atoms with van der Waals surface area (Å²) in [5, 5.41) is 8.02. The molecule has 0 atom stereocenters. The van der Waals surface area contributed by atoms with Crippen LogP contribution in [0.15, 0.2) is 0 Å². The minimum absolute atomic E-state index is 0.618. The number of alkyl halides is 3. The van der Waals surface area contributed by atoms with Crippen LogP contribution in [-0.4, -0.2) is 23.7 Å². The quantitative estimate of drug-likeness (QED) is 0.683. The Labute approximate surface area is 62.0 Å². The van der Waals surface area contributed by atoms with Crippen molar-refractivity contribution in [3.63, 3.8) is 0 Å². The molecule has 0 amide bonds. The van der Waals surface area contributed by atoms with Crippen LogP contribution in [0.2, 0.25) is 0 Å². The number of hydrogen-bond donors (Lipinski definition) is 1. The van der Waals surface area contributed by atoms with Crippen molar-refractivity contribution in [1.82, 2.24) is 0 Å². The monoisotopic (exact) mass is 170 g/mol. The Hall–Kier alpha value is -0.740. The van der Waals surface area contributed by atoms with Crippen LogP contribution < -0.4 is 0 Å². The lowest BCUT2D eigenvalue weighted by atomic mass is 10.1. The average molecular weight is 170 g/mol. The molecule has 0 spiro atoms. The molecule has 0 aliphatic carbocycles. The first-order valence-corrected chi connectivity index (χ1v) is 3.13. The molecule has 0 heterocycles. The zero-order valence-electron chi connectivity index (χ0n) is 5.82. The van der Waals surface area contributed by atoms with Gasteiger partial charge in [0, 0.05) is 12.8 Å². The maximum Gasteiger partial charge on any atom is 0.303 e. The van der Waals surface area contributed by atoms with Crippen LogP contribution >= 0.6 is 0 Å². The Morgan fingerprint density at radius 2 is 1.91 bits per heavy atom. The van der Waals surface area contributed by atoms with Gasteiger partial charge in [-0.2, -0.15) is 0 Å². The molecule has 11 heavy (non-hydrogen) atoms. The summed E-state index contributed by atoms with van der Waals surface area (Å²) in [6.45, 7) is -1.12. The SMILES string of the molecule is O=C(O)CCC(F)(F)CCF. The molecule has 66 valence electrons. The van der Waals surface area contributed by atoms with E-state index in [2.05, 4.69) is 0 Å². The smallest absolute Gasteiger partial charge is 0.303 e. The predicted molar refractivity (Wildman–Crippen MR) is 32.4 cm³/mol. The molecule has 0 aromatic rings. The highest BCUT2D eigenvalue weighted by Gasteiger charge is 2.28. The summed E-state index contributed by atoms with van der Waals surface area (Å²) >= 11 is 0. The third-order valence-electron chi connectivity index (χ3n) is 1.16. The van der Waals surface area contributed by atoms with Crippen molar-refractivity contribution in [2.45, 2.75) is 25.2 Å². The molecule has 0 bridgehead atoms. The first-order chi connectivity index (χ1) is 4.98. The molecule has 0 aliphatic rings. The molecular formula is C6H9F3O2. The van der Waals surface area contributed by atoms with E-state index in [1.54, 1.807) is 0 Å². The first-order valence-electron chi connectivity index (χ1n) is 3.13. The molecule has 1 N–H and O–H groups in total. The van der Waals surface area contributed by atoms with E-state index < -0.39 is 37.8 Å². The fourth-order valence-corrected chi connectivity index (χ4v) is 0.553. The third-order valence-corrected chi connectivity index (χ3v) is 1.16. The summed E-state index contributed by atoms with van der Waals surface area (Å²) in [6.07, 6.45) is -2.29. The van der Waals surface area contributed by atoms with Gasteiger partial charge in [-0.1, -0.05) is 0 Å². The number of carbonyl (C=O) groups is 1. The van der Waals surface area contributed by atoms with Gasteiger partial charge >= 0.3 is 5.97 Å². The van der Waals surface area contributed by atoms with Crippen molar-refractivity contribution in [2.24, 2.45) is 0 Å². The van der Waals surface area contributed by atoms with E-state index in [4.69, 9.17) is 5.11 Å². The van der Waals surface area contributed by atoms with Crippen molar-refractivity contribution in [1.29, 1.82) is 0 Å². The van der Waals surface area contributed by atoms with E-state index in [9.17, 15) is 18.0 Å². The largest absolute Gasteiger partial charge is 0.481 e. The summed E-state index contributed by atoms with van der Waals surface area (Å²) in [5.74, 6) is -4.46. The first kappa shape index (κ1) is 10.3. The summed E-state index contributed by atoms with van der Waals surface area (Å²) < 4.78 is 35.9. The van der Waals surface area contributed by atoms with Crippen molar-refractivity contribution >= 4 is 5.97 Å². The van der Waals surface area contributed by atoms with Crippen molar-refractivity contribution < 1.29 is 23.1 Å². The topological polar surface area (TPSA) is 37.3 Å². The molecule has 0 unspecified atom stereocenters. The number of carboxylic acid groups (broad SMARTS) is 1. The second-order valence-corrected chi connectivity index (χ2v) is 2.19. The number of hydrogen-bond acceptors (Lipinski definition) is 1. The molecule has 2 nitrogen and oxygen atoms in total. The van der Waals surface area contributed by atoms with Crippen LogP contribution in [0, 0.1) is 0 Å². The van der Waals surface area contributed by atoms with Crippen LogP contribution in [0.3, 0.4) is 0 Å². The van der Waals surface area contributed by atoms with E-state index in [1.807, 2.05) is 0 Å². The van der Waals surface area contributed by atoms with Gasteiger partial charge in [-0.15, -0.1) is 0 Å². The Kier molecular flexibility index (Phi) is 3.92. The van der Waals surface area contributed by atoms with Crippen LogP contribution in [-0.2, 0) is 4.79 Å². The molecule has 0 saturated heterocycles. The van der Waals surface area contributed by atoms with E-state index in [0.29, 0.717) is 0 Å².